The summed E-state index contributed by atoms with van der Waals surface area (Å²) in [6.45, 7) is 0. The lowest BCUT2D eigenvalue weighted by Gasteiger charge is -2.06. The molecule has 0 saturated carbocycles. The zero-order chi connectivity index (χ0) is 12.4. The lowest BCUT2D eigenvalue weighted by atomic mass is 10.0. The van der Waals surface area contributed by atoms with E-state index in [9.17, 15) is 18.0 Å². The highest BCUT2D eigenvalue weighted by Gasteiger charge is 2.15. The number of pyridine rings is 1. The molecule has 0 amide bonds. The second-order valence-corrected chi connectivity index (χ2v) is 3.30. The van der Waals surface area contributed by atoms with Crippen LogP contribution in [0.4, 0.5) is 13.2 Å². The summed E-state index contributed by atoms with van der Waals surface area (Å²) in [5.41, 5.74) is -0.611. The SMILES string of the molecule is O=Cc1c(F)cncc1-c1cccc(F)c1F. The first-order valence-electron chi connectivity index (χ1n) is 4.68. The van der Waals surface area contributed by atoms with Crippen molar-refractivity contribution in [2.45, 2.75) is 0 Å². The van der Waals surface area contributed by atoms with Crippen molar-refractivity contribution >= 4 is 6.29 Å². The molecule has 0 saturated heterocycles. The van der Waals surface area contributed by atoms with Crippen LogP contribution in [0.5, 0.6) is 0 Å². The van der Waals surface area contributed by atoms with E-state index in [1.807, 2.05) is 0 Å². The number of aromatic nitrogens is 1. The van der Waals surface area contributed by atoms with Gasteiger partial charge in [-0.1, -0.05) is 12.1 Å². The van der Waals surface area contributed by atoms with Crippen molar-refractivity contribution in [2.75, 3.05) is 0 Å². The fourth-order valence-electron chi connectivity index (χ4n) is 1.49. The monoisotopic (exact) mass is 237 g/mol. The normalized spacial score (nSPS) is 10.3. The molecule has 86 valence electrons. The summed E-state index contributed by atoms with van der Waals surface area (Å²) in [5, 5.41) is 0. The Balaban J connectivity index is 2.73. The molecule has 1 heterocycles. The molecular weight excluding hydrogens is 231 g/mol. The molecule has 0 N–H and O–H groups in total. The van der Waals surface area contributed by atoms with E-state index < -0.39 is 17.5 Å². The Labute approximate surface area is 94.7 Å². The first kappa shape index (κ1) is 11.3. The Bertz CT molecular complexity index is 584. The average molecular weight is 237 g/mol. The van der Waals surface area contributed by atoms with Gasteiger partial charge in [0, 0.05) is 17.3 Å². The fraction of sp³-hybridized carbons (Fsp3) is 0. The standard InChI is InChI=1S/C12H6F3NO/c13-10-3-1-2-7(12(10)15)8-4-16-5-11(14)9(8)6-17/h1-6H. The van der Waals surface area contributed by atoms with Crippen LogP contribution in [0.1, 0.15) is 10.4 Å². The van der Waals surface area contributed by atoms with E-state index in [-0.39, 0.29) is 23.0 Å². The van der Waals surface area contributed by atoms with Crippen molar-refractivity contribution in [3.05, 3.63) is 53.6 Å². The summed E-state index contributed by atoms with van der Waals surface area (Å²) in [7, 11) is 0. The van der Waals surface area contributed by atoms with Gasteiger partial charge in [0.2, 0.25) is 0 Å². The van der Waals surface area contributed by atoms with Crippen molar-refractivity contribution in [3.63, 3.8) is 0 Å². The largest absolute Gasteiger partial charge is 0.298 e. The van der Waals surface area contributed by atoms with Crippen LogP contribution in [0.25, 0.3) is 11.1 Å². The van der Waals surface area contributed by atoms with Crippen molar-refractivity contribution in [1.82, 2.24) is 4.98 Å². The van der Waals surface area contributed by atoms with E-state index in [1.165, 1.54) is 12.1 Å². The zero-order valence-corrected chi connectivity index (χ0v) is 8.45. The van der Waals surface area contributed by atoms with Gasteiger partial charge in [-0.05, 0) is 6.07 Å². The molecule has 1 aromatic heterocycles. The fourth-order valence-corrected chi connectivity index (χ4v) is 1.49. The van der Waals surface area contributed by atoms with Crippen LogP contribution >= 0.6 is 0 Å². The van der Waals surface area contributed by atoms with Gasteiger partial charge in [-0.3, -0.25) is 9.78 Å². The number of carbonyl (C=O) groups excluding carboxylic acids is 1. The van der Waals surface area contributed by atoms with Crippen molar-refractivity contribution in [1.29, 1.82) is 0 Å². The maximum Gasteiger partial charge on any atom is 0.166 e. The van der Waals surface area contributed by atoms with Crippen molar-refractivity contribution < 1.29 is 18.0 Å². The highest BCUT2D eigenvalue weighted by molar-refractivity contribution is 5.87. The van der Waals surface area contributed by atoms with Gasteiger partial charge in [0.1, 0.15) is 0 Å². The zero-order valence-electron chi connectivity index (χ0n) is 8.45. The molecule has 0 spiro atoms. The second-order valence-electron chi connectivity index (χ2n) is 3.30. The lowest BCUT2D eigenvalue weighted by molar-refractivity contribution is 0.112. The van der Waals surface area contributed by atoms with E-state index in [4.69, 9.17) is 0 Å². The number of aldehydes is 1. The third-order valence-electron chi connectivity index (χ3n) is 2.30. The highest BCUT2D eigenvalue weighted by atomic mass is 19.2. The second kappa shape index (κ2) is 4.37. The maximum absolute atomic E-state index is 13.5. The van der Waals surface area contributed by atoms with Crippen LogP contribution < -0.4 is 0 Å². The third-order valence-corrected chi connectivity index (χ3v) is 2.30. The Morgan fingerprint density at radius 1 is 1.00 bits per heavy atom. The first-order chi connectivity index (χ1) is 8.15. The predicted octanol–water partition coefficient (Wildman–Crippen LogP) is 2.98. The molecule has 2 rings (SSSR count). The van der Waals surface area contributed by atoms with Gasteiger partial charge < -0.3 is 0 Å². The molecule has 0 aliphatic heterocycles. The van der Waals surface area contributed by atoms with Crippen molar-refractivity contribution in [3.8, 4) is 11.1 Å². The molecule has 0 radical (unpaired) electrons. The molecule has 2 aromatic rings. The number of hydrogen-bond acceptors (Lipinski definition) is 2. The number of carbonyl (C=O) groups is 1. The Hall–Kier alpha value is -2.17. The summed E-state index contributed by atoms with van der Waals surface area (Å²) >= 11 is 0. The molecule has 0 unspecified atom stereocenters. The van der Waals surface area contributed by atoms with E-state index in [0.717, 1.165) is 18.5 Å². The van der Waals surface area contributed by atoms with Gasteiger partial charge in [0.25, 0.3) is 0 Å². The number of hydrogen-bond donors (Lipinski definition) is 0. The van der Waals surface area contributed by atoms with E-state index in [2.05, 4.69) is 4.98 Å². The third kappa shape index (κ3) is 1.91. The smallest absolute Gasteiger partial charge is 0.166 e. The van der Waals surface area contributed by atoms with Crippen molar-refractivity contribution in [2.24, 2.45) is 0 Å². The molecule has 0 bridgehead atoms. The minimum atomic E-state index is -1.14. The molecule has 17 heavy (non-hydrogen) atoms. The van der Waals surface area contributed by atoms with E-state index in [1.54, 1.807) is 0 Å². The summed E-state index contributed by atoms with van der Waals surface area (Å²) in [4.78, 5) is 14.3. The Morgan fingerprint density at radius 2 is 1.76 bits per heavy atom. The van der Waals surface area contributed by atoms with Gasteiger partial charge in [-0.2, -0.15) is 0 Å². The van der Waals surface area contributed by atoms with Crippen LogP contribution in [0.3, 0.4) is 0 Å². The summed E-state index contributed by atoms with van der Waals surface area (Å²) in [6, 6.07) is 3.46. The number of benzene rings is 1. The summed E-state index contributed by atoms with van der Waals surface area (Å²) in [5.74, 6) is -3.08. The quantitative estimate of drug-likeness (QED) is 0.751. The van der Waals surface area contributed by atoms with Crippen LogP contribution in [0, 0.1) is 17.5 Å². The number of rotatable bonds is 2. The van der Waals surface area contributed by atoms with Gasteiger partial charge in [0.15, 0.2) is 23.7 Å². The van der Waals surface area contributed by atoms with Crippen LogP contribution in [0.2, 0.25) is 0 Å². The van der Waals surface area contributed by atoms with E-state index in [0.29, 0.717) is 0 Å². The van der Waals surface area contributed by atoms with Gasteiger partial charge >= 0.3 is 0 Å². The average Bonchev–Trinajstić information content (AvgIpc) is 2.32. The van der Waals surface area contributed by atoms with Gasteiger partial charge in [-0.15, -0.1) is 0 Å². The molecule has 2 nitrogen and oxygen atoms in total. The summed E-state index contributed by atoms with van der Waals surface area (Å²) < 4.78 is 39.8. The van der Waals surface area contributed by atoms with Gasteiger partial charge in [-0.25, -0.2) is 13.2 Å². The molecule has 0 fully saturated rings. The predicted molar refractivity (Wildman–Crippen MR) is 54.9 cm³/mol. The first-order valence-corrected chi connectivity index (χ1v) is 4.68. The highest BCUT2D eigenvalue weighted by Crippen LogP contribution is 2.27. The molecule has 1 aromatic carbocycles. The molecule has 0 atom stereocenters. The molecule has 0 aliphatic rings. The summed E-state index contributed by atoms with van der Waals surface area (Å²) in [6.07, 6.45) is 2.20. The molecule has 0 aliphatic carbocycles. The van der Waals surface area contributed by atoms with Crippen LogP contribution in [-0.2, 0) is 0 Å². The topological polar surface area (TPSA) is 30.0 Å². The van der Waals surface area contributed by atoms with Crippen LogP contribution in [0.15, 0.2) is 30.6 Å². The number of halogens is 3. The minimum Gasteiger partial charge on any atom is -0.298 e. The Kier molecular flexibility index (Phi) is 2.91. The van der Waals surface area contributed by atoms with Gasteiger partial charge in [0.05, 0.1) is 11.8 Å². The molecule has 5 heteroatoms. The minimum absolute atomic E-state index is 0.0722. The lowest BCUT2D eigenvalue weighted by Crippen LogP contribution is -1.97. The molecular formula is C12H6F3NO. The Morgan fingerprint density at radius 3 is 2.47 bits per heavy atom. The number of nitrogens with zero attached hydrogens (tertiary/aromatic N) is 1. The van der Waals surface area contributed by atoms with E-state index >= 15 is 0 Å². The maximum atomic E-state index is 13.5. The van der Waals surface area contributed by atoms with Crippen LogP contribution in [-0.4, -0.2) is 11.3 Å².